The minimum atomic E-state index is -0.965. The predicted molar refractivity (Wildman–Crippen MR) is 219 cm³/mol. The predicted octanol–water partition coefficient (Wildman–Crippen LogP) is 6.65. The highest BCUT2D eigenvalue weighted by atomic mass is 19.1. The zero-order valence-corrected chi connectivity index (χ0v) is 33.8. The first-order chi connectivity index (χ1) is 25.4. The molecular formula is C41H69FN6O5. The number of hydrogen-bond donors (Lipinski definition) is 4. The Balaban J connectivity index is -0.000000212. The van der Waals surface area contributed by atoms with Crippen molar-refractivity contribution in [3.63, 3.8) is 0 Å². The van der Waals surface area contributed by atoms with E-state index in [2.05, 4.69) is 100 Å². The molecule has 3 amide bonds. The van der Waals surface area contributed by atoms with Crippen LogP contribution in [-0.4, -0.2) is 71.5 Å². The molecule has 2 aliphatic rings. The summed E-state index contributed by atoms with van der Waals surface area (Å²) in [7, 11) is 1.44. The third kappa shape index (κ3) is 27.4. The number of alkyl halides is 1. The number of hydrogen-bond acceptors (Lipinski definition) is 7. The quantitative estimate of drug-likeness (QED) is 0.174. The van der Waals surface area contributed by atoms with Gasteiger partial charge in [0.15, 0.2) is 0 Å². The Hall–Kier alpha value is -4.94. The second-order valence-corrected chi connectivity index (χ2v) is 11.8. The lowest BCUT2D eigenvalue weighted by Crippen LogP contribution is -2.56. The van der Waals surface area contributed by atoms with E-state index in [-0.39, 0.29) is 24.1 Å². The average molecular weight is 745 g/mol. The number of carbonyl (C=O) groups excluding carboxylic acids is 3. The van der Waals surface area contributed by atoms with Gasteiger partial charge in [0.05, 0.1) is 25.2 Å². The summed E-state index contributed by atoms with van der Waals surface area (Å²) in [5, 5.41) is 5.08. The lowest BCUT2D eigenvalue weighted by Gasteiger charge is -2.30. The molecule has 0 bridgehead atoms. The number of halogens is 1. The third-order valence-electron chi connectivity index (χ3n) is 6.67. The maximum absolute atomic E-state index is 13.3. The average Bonchev–Trinajstić information content (AvgIpc) is 3.56. The van der Waals surface area contributed by atoms with Gasteiger partial charge >= 0.3 is 5.69 Å². The van der Waals surface area contributed by atoms with Crippen molar-refractivity contribution in [1.29, 1.82) is 0 Å². The second kappa shape index (κ2) is 38.3. The summed E-state index contributed by atoms with van der Waals surface area (Å²) in [6.45, 7) is 28.0. The Morgan fingerprint density at radius 2 is 1.55 bits per heavy atom. The molecule has 1 aliphatic carbocycles. The van der Waals surface area contributed by atoms with E-state index >= 15 is 0 Å². The maximum Gasteiger partial charge on any atom is 0.345 e. The molecule has 11 nitrogen and oxygen atoms in total. The van der Waals surface area contributed by atoms with Gasteiger partial charge in [-0.1, -0.05) is 68.2 Å². The van der Waals surface area contributed by atoms with Crippen molar-refractivity contribution in [3.05, 3.63) is 67.5 Å². The molecule has 4 rings (SSSR count). The number of aromatic nitrogens is 2. The minimum absolute atomic E-state index is 0.118. The number of likely N-dealkylation sites (tertiary alicyclic amines) is 1. The van der Waals surface area contributed by atoms with Gasteiger partial charge in [0.25, 0.3) is 0 Å². The van der Waals surface area contributed by atoms with E-state index in [0.29, 0.717) is 30.8 Å². The van der Waals surface area contributed by atoms with Crippen LogP contribution in [0.3, 0.4) is 0 Å². The first kappa shape index (κ1) is 57.4. The number of aromatic amines is 1. The zero-order valence-electron chi connectivity index (χ0n) is 33.8. The number of H-pyrrole nitrogens is 1. The SMILES string of the molecule is C#C.C#C.C=C.C=C.CC.CC(C)C.CC1CC1.CNC(=O)[C@H](NC(=O)[C@@H]1CCCN1C(=O)CN)C(CF)C(C)C.O=c1nccc(-c2ccco2)[nH]1. The lowest BCUT2D eigenvalue weighted by atomic mass is 9.88. The van der Waals surface area contributed by atoms with Crippen molar-refractivity contribution in [2.75, 3.05) is 26.8 Å². The van der Waals surface area contributed by atoms with Gasteiger partial charge in [-0.25, -0.2) is 9.78 Å². The maximum atomic E-state index is 13.3. The number of furan rings is 1. The van der Waals surface area contributed by atoms with Gasteiger partial charge in [-0.05, 0) is 48.8 Å². The summed E-state index contributed by atoms with van der Waals surface area (Å²) >= 11 is 0. The van der Waals surface area contributed by atoms with Crippen molar-refractivity contribution in [2.45, 2.75) is 93.2 Å². The topological polar surface area (TPSA) is 163 Å². The number of rotatable bonds is 8. The first-order valence-corrected chi connectivity index (χ1v) is 17.7. The molecule has 1 aliphatic heterocycles. The van der Waals surface area contributed by atoms with Gasteiger partial charge in [-0.2, -0.15) is 0 Å². The van der Waals surface area contributed by atoms with E-state index in [9.17, 15) is 23.6 Å². The number of nitrogens with zero attached hydrogens (tertiary/aromatic N) is 2. The second-order valence-electron chi connectivity index (χ2n) is 11.8. The third-order valence-corrected chi connectivity index (χ3v) is 6.67. The molecule has 53 heavy (non-hydrogen) atoms. The molecule has 12 heteroatoms. The number of likely N-dealkylation sites (N-methyl/N-ethyl adjacent to an activating group) is 1. The lowest BCUT2D eigenvalue weighted by molar-refractivity contribution is -0.139. The standard InChI is InChI=1S/C15H27FN4O3.C8H6N2O2.C4H8.C4H10.C2H6.2C2H4.2C2H2/c1-9(2)10(7-16)13(15(23)18-3)19-14(22)11-5-4-6-20(11)12(21)8-17;11-8-9-4-3-6(10-8)7-2-1-5-12-7;1-4-2-3-4;1-4(2)3;5*1-2/h9-11,13H,4-8,17H2,1-3H3,(H,18,23)(H,19,22);1-5H,(H,9,10,11);4H,2-3H2,1H3;4H,1-3H3;1-2H3;2*1-2H2;2*1-2H/t10?,11-,13+;;;;;;;;/m0......../s1. The van der Waals surface area contributed by atoms with Crippen molar-refractivity contribution in [2.24, 2.45) is 29.4 Å². The molecule has 0 radical (unpaired) electrons. The Morgan fingerprint density at radius 1 is 1.04 bits per heavy atom. The first-order valence-electron chi connectivity index (χ1n) is 17.7. The summed E-state index contributed by atoms with van der Waals surface area (Å²) < 4.78 is 18.4. The van der Waals surface area contributed by atoms with Crippen LogP contribution < -0.4 is 22.1 Å². The normalized spacial score (nSPS) is 14.1. The molecule has 1 unspecified atom stereocenters. The largest absolute Gasteiger partial charge is 0.463 e. The molecule has 1 saturated heterocycles. The number of nitrogens with two attached hydrogens (primary N) is 1. The molecule has 300 valence electrons. The van der Waals surface area contributed by atoms with Crippen LogP contribution in [-0.2, 0) is 14.4 Å². The van der Waals surface area contributed by atoms with Crippen molar-refractivity contribution in [3.8, 4) is 37.1 Å². The fourth-order valence-electron chi connectivity index (χ4n) is 3.99. The summed E-state index contributed by atoms with van der Waals surface area (Å²) in [5.41, 5.74) is 5.63. The number of terminal acetylenes is 2. The molecule has 3 heterocycles. The van der Waals surface area contributed by atoms with Crippen molar-refractivity contribution >= 4 is 17.7 Å². The highest BCUT2D eigenvalue weighted by Crippen LogP contribution is 2.26. The van der Waals surface area contributed by atoms with Gasteiger partial charge in [0, 0.05) is 25.7 Å². The van der Waals surface area contributed by atoms with E-state index in [1.54, 1.807) is 38.3 Å². The fraction of sp³-hybridized carbons (Fsp3) is 0.537. The molecule has 5 N–H and O–H groups in total. The molecule has 3 atom stereocenters. The summed E-state index contributed by atoms with van der Waals surface area (Å²) in [4.78, 5) is 54.6. The van der Waals surface area contributed by atoms with Crippen LogP contribution in [0.25, 0.3) is 11.5 Å². The molecule has 0 aromatic carbocycles. The number of amides is 3. The van der Waals surface area contributed by atoms with Crippen LogP contribution >= 0.6 is 0 Å². The highest BCUT2D eigenvalue weighted by molar-refractivity contribution is 5.92. The van der Waals surface area contributed by atoms with E-state index in [4.69, 9.17) is 10.2 Å². The van der Waals surface area contributed by atoms with E-state index in [1.807, 2.05) is 13.8 Å². The van der Waals surface area contributed by atoms with E-state index < -0.39 is 36.5 Å². The summed E-state index contributed by atoms with van der Waals surface area (Å²) in [5.74, 6) is 0.632. The molecule has 2 aromatic rings. The summed E-state index contributed by atoms with van der Waals surface area (Å²) in [6.07, 6.45) is 23.2. The zero-order chi connectivity index (χ0) is 42.5. The molecule has 0 spiro atoms. The smallest absolute Gasteiger partial charge is 0.345 e. The van der Waals surface area contributed by atoms with Gasteiger partial charge in [-0.15, -0.1) is 52.0 Å². The molecular weight excluding hydrogens is 675 g/mol. The Labute approximate surface area is 319 Å². The van der Waals surface area contributed by atoms with Gasteiger partial charge in [0.2, 0.25) is 17.7 Å². The van der Waals surface area contributed by atoms with Crippen LogP contribution in [0.4, 0.5) is 4.39 Å². The van der Waals surface area contributed by atoms with Gasteiger partial charge in [0.1, 0.15) is 17.8 Å². The number of nitrogens with one attached hydrogen (secondary N) is 3. The van der Waals surface area contributed by atoms with E-state index in [1.165, 1.54) is 31.0 Å². The monoisotopic (exact) mass is 745 g/mol. The Kier molecular flexibility index (Phi) is 41.5. The Bertz CT molecular complexity index is 1260. The number of carbonyl (C=O) groups is 3. The van der Waals surface area contributed by atoms with Gasteiger partial charge < -0.3 is 30.7 Å². The van der Waals surface area contributed by atoms with Crippen molar-refractivity contribution in [1.82, 2.24) is 25.5 Å². The summed E-state index contributed by atoms with van der Waals surface area (Å²) in [6, 6.07) is 3.60. The van der Waals surface area contributed by atoms with E-state index in [0.717, 1.165) is 11.8 Å². The Morgan fingerprint density at radius 3 is 1.91 bits per heavy atom. The van der Waals surface area contributed by atoms with Crippen LogP contribution in [0, 0.1) is 49.4 Å². The van der Waals surface area contributed by atoms with Crippen LogP contribution in [0.15, 0.2) is 66.2 Å². The van der Waals surface area contributed by atoms with Gasteiger partial charge in [-0.3, -0.25) is 18.8 Å². The van der Waals surface area contributed by atoms with Crippen molar-refractivity contribution < 1.29 is 23.2 Å². The molecule has 2 fully saturated rings. The molecule has 1 saturated carbocycles. The van der Waals surface area contributed by atoms with Crippen LogP contribution in [0.1, 0.15) is 81.1 Å². The minimum Gasteiger partial charge on any atom is -0.463 e. The van der Waals surface area contributed by atoms with Crippen LogP contribution in [0.5, 0.6) is 0 Å². The fourth-order valence-corrected chi connectivity index (χ4v) is 3.99. The molecule has 2 aromatic heterocycles. The van der Waals surface area contributed by atoms with Crippen LogP contribution in [0.2, 0.25) is 0 Å². The highest BCUT2D eigenvalue weighted by Gasteiger charge is 2.38.